The zero-order chi connectivity index (χ0) is 15.3. The van der Waals surface area contributed by atoms with Gasteiger partial charge in [0.15, 0.2) is 5.82 Å². The zero-order valence-electron chi connectivity index (χ0n) is 14.0. The lowest BCUT2D eigenvalue weighted by molar-refractivity contribution is 0.0384. The molecule has 5 heteroatoms. The van der Waals surface area contributed by atoms with Crippen molar-refractivity contribution in [2.75, 3.05) is 26.3 Å². The van der Waals surface area contributed by atoms with E-state index in [0.717, 1.165) is 25.1 Å². The highest BCUT2D eigenvalue weighted by Gasteiger charge is 2.51. The Kier molecular flexibility index (Phi) is 3.48. The molecule has 5 nitrogen and oxygen atoms in total. The molecule has 4 fully saturated rings. The largest absolute Gasteiger partial charge is 0.381 e. The fourth-order valence-corrected chi connectivity index (χ4v) is 5.27. The Labute approximate surface area is 138 Å². The molecule has 5 rings (SSSR count). The summed E-state index contributed by atoms with van der Waals surface area (Å²) in [5.41, 5.74) is 0.457. The first-order valence-electron chi connectivity index (χ1n) is 9.58. The van der Waals surface area contributed by atoms with Gasteiger partial charge in [0.2, 0.25) is 0 Å². The van der Waals surface area contributed by atoms with Gasteiger partial charge in [-0.25, -0.2) is 4.98 Å². The Morgan fingerprint density at radius 1 is 1.09 bits per heavy atom. The second kappa shape index (κ2) is 5.55. The molecule has 1 aromatic rings. The van der Waals surface area contributed by atoms with Crippen molar-refractivity contribution < 1.29 is 4.74 Å². The predicted octanol–water partition coefficient (Wildman–Crippen LogP) is 2.82. The van der Waals surface area contributed by atoms with Crippen LogP contribution in [0.1, 0.15) is 74.9 Å². The lowest BCUT2D eigenvalue weighted by atomic mass is 9.76. The van der Waals surface area contributed by atoms with Crippen LogP contribution in [-0.2, 0) is 4.74 Å². The molecule has 4 aliphatic rings. The molecular formula is C18H28N4O. The Morgan fingerprint density at radius 3 is 2.61 bits per heavy atom. The number of ether oxygens (including phenoxy) is 1. The molecule has 1 N–H and O–H groups in total. The molecule has 1 unspecified atom stereocenters. The number of hydrogen-bond donors (Lipinski definition) is 1. The molecule has 0 bridgehead atoms. The fourth-order valence-electron chi connectivity index (χ4n) is 5.27. The highest BCUT2D eigenvalue weighted by Crippen LogP contribution is 2.53. The second-order valence-corrected chi connectivity index (χ2v) is 8.25. The number of likely N-dealkylation sites (tertiary alicyclic amines) is 1. The van der Waals surface area contributed by atoms with E-state index >= 15 is 0 Å². The Hall–Kier alpha value is -0.940. The van der Waals surface area contributed by atoms with Gasteiger partial charge in [0.1, 0.15) is 5.82 Å². The fraction of sp³-hybridized carbons (Fsp3) is 0.889. The van der Waals surface area contributed by atoms with Crippen molar-refractivity contribution in [2.45, 2.75) is 69.2 Å². The van der Waals surface area contributed by atoms with Crippen LogP contribution < -0.4 is 0 Å². The van der Waals surface area contributed by atoms with Gasteiger partial charge in [0.05, 0.1) is 0 Å². The molecule has 2 aliphatic carbocycles. The van der Waals surface area contributed by atoms with Gasteiger partial charge < -0.3 is 4.74 Å². The van der Waals surface area contributed by atoms with Crippen LogP contribution >= 0.6 is 0 Å². The summed E-state index contributed by atoms with van der Waals surface area (Å²) in [6, 6.07) is 0.719. The second-order valence-electron chi connectivity index (χ2n) is 8.25. The van der Waals surface area contributed by atoms with Crippen LogP contribution in [0.25, 0.3) is 0 Å². The van der Waals surface area contributed by atoms with Crippen molar-refractivity contribution in [1.29, 1.82) is 0 Å². The van der Waals surface area contributed by atoms with Gasteiger partial charge >= 0.3 is 0 Å². The topological polar surface area (TPSA) is 54.0 Å². The van der Waals surface area contributed by atoms with Crippen LogP contribution in [0.5, 0.6) is 0 Å². The highest BCUT2D eigenvalue weighted by molar-refractivity contribution is 5.16. The van der Waals surface area contributed by atoms with Gasteiger partial charge in [-0.2, -0.15) is 5.10 Å². The quantitative estimate of drug-likeness (QED) is 0.931. The van der Waals surface area contributed by atoms with Crippen molar-refractivity contribution in [2.24, 2.45) is 5.41 Å². The lowest BCUT2D eigenvalue weighted by Gasteiger charge is -2.32. The summed E-state index contributed by atoms with van der Waals surface area (Å²) in [6.07, 6.45) is 10.5. The molecule has 1 spiro atoms. The molecule has 1 atom stereocenters. The molecule has 126 valence electrons. The normalized spacial score (nSPS) is 32.1. The van der Waals surface area contributed by atoms with Crippen molar-refractivity contribution in [1.82, 2.24) is 20.1 Å². The first-order valence-corrected chi connectivity index (χ1v) is 9.58. The Balaban J connectivity index is 1.40. The van der Waals surface area contributed by atoms with Crippen molar-refractivity contribution in [3.05, 3.63) is 11.6 Å². The third-order valence-corrected chi connectivity index (χ3v) is 6.77. The van der Waals surface area contributed by atoms with Crippen LogP contribution in [0.4, 0.5) is 0 Å². The van der Waals surface area contributed by atoms with E-state index in [1.165, 1.54) is 70.3 Å². The number of H-pyrrole nitrogens is 1. The predicted molar refractivity (Wildman–Crippen MR) is 87.4 cm³/mol. The van der Waals surface area contributed by atoms with Gasteiger partial charge in [-0.1, -0.05) is 12.8 Å². The summed E-state index contributed by atoms with van der Waals surface area (Å²) >= 11 is 0. The Bertz CT molecular complexity index is 555. The molecule has 23 heavy (non-hydrogen) atoms. The van der Waals surface area contributed by atoms with E-state index in [-0.39, 0.29) is 0 Å². The number of aromatic nitrogens is 3. The lowest BCUT2D eigenvalue weighted by Crippen LogP contribution is -2.39. The molecule has 0 amide bonds. The smallest absolute Gasteiger partial charge is 0.153 e. The number of aromatic amines is 1. The maximum Gasteiger partial charge on any atom is 0.153 e. The number of hydrogen-bond acceptors (Lipinski definition) is 4. The van der Waals surface area contributed by atoms with E-state index in [9.17, 15) is 0 Å². The molecule has 1 aromatic heterocycles. The van der Waals surface area contributed by atoms with Crippen molar-refractivity contribution >= 4 is 0 Å². The maximum atomic E-state index is 5.57. The summed E-state index contributed by atoms with van der Waals surface area (Å²) < 4.78 is 5.57. The van der Waals surface area contributed by atoms with Gasteiger partial charge in [-0.05, 0) is 43.9 Å². The first kappa shape index (κ1) is 14.4. The molecule has 2 saturated heterocycles. The molecule has 3 heterocycles. The summed E-state index contributed by atoms with van der Waals surface area (Å²) in [5.74, 6) is 3.47. The molecule has 0 aromatic carbocycles. The molecule has 2 aliphatic heterocycles. The summed E-state index contributed by atoms with van der Waals surface area (Å²) in [4.78, 5) is 7.70. The number of nitrogens with one attached hydrogen (secondary N) is 1. The highest BCUT2D eigenvalue weighted by atomic mass is 16.5. The van der Waals surface area contributed by atoms with E-state index in [2.05, 4.69) is 15.1 Å². The van der Waals surface area contributed by atoms with Crippen LogP contribution in [0.2, 0.25) is 0 Å². The minimum absolute atomic E-state index is 0.457. The van der Waals surface area contributed by atoms with E-state index in [1.807, 2.05) is 0 Å². The average Bonchev–Trinajstić information content (AvgIpc) is 3.02. The SMILES string of the molecule is C1CCC2(C1)CN(C1CCOCC1)CC2c1nc(C2CC2)n[nH]1. The van der Waals surface area contributed by atoms with Crippen LogP contribution in [-0.4, -0.2) is 52.4 Å². The van der Waals surface area contributed by atoms with Gasteiger partial charge in [0, 0.05) is 44.2 Å². The van der Waals surface area contributed by atoms with E-state index in [4.69, 9.17) is 9.72 Å². The van der Waals surface area contributed by atoms with Crippen LogP contribution in [0, 0.1) is 5.41 Å². The standard InChI is InChI=1S/C18H28N4O/c1-2-8-18(7-1)12-22(14-5-9-23-10-6-14)11-15(18)17-19-16(20-21-17)13-3-4-13/h13-15H,1-12H2,(H,19,20,21). The average molecular weight is 316 g/mol. The molecule has 2 saturated carbocycles. The van der Waals surface area contributed by atoms with Gasteiger partial charge in [0.25, 0.3) is 0 Å². The van der Waals surface area contributed by atoms with Crippen molar-refractivity contribution in [3.8, 4) is 0 Å². The van der Waals surface area contributed by atoms with E-state index in [1.54, 1.807) is 0 Å². The number of rotatable bonds is 3. The van der Waals surface area contributed by atoms with Crippen LogP contribution in [0.3, 0.4) is 0 Å². The minimum atomic E-state index is 0.457. The third kappa shape index (κ3) is 2.52. The Morgan fingerprint density at radius 2 is 1.87 bits per heavy atom. The van der Waals surface area contributed by atoms with Gasteiger partial charge in [-0.15, -0.1) is 0 Å². The summed E-state index contributed by atoms with van der Waals surface area (Å²) in [5, 5.41) is 7.87. The zero-order valence-corrected chi connectivity index (χ0v) is 14.0. The van der Waals surface area contributed by atoms with Gasteiger partial charge in [-0.3, -0.25) is 10.00 Å². The van der Waals surface area contributed by atoms with E-state index in [0.29, 0.717) is 17.3 Å². The van der Waals surface area contributed by atoms with E-state index < -0.39 is 0 Å². The van der Waals surface area contributed by atoms with Crippen LogP contribution in [0.15, 0.2) is 0 Å². The maximum absolute atomic E-state index is 5.57. The summed E-state index contributed by atoms with van der Waals surface area (Å²) in [6.45, 7) is 4.31. The molecular weight excluding hydrogens is 288 g/mol. The minimum Gasteiger partial charge on any atom is -0.381 e. The first-order chi connectivity index (χ1) is 11.3. The monoisotopic (exact) mass is 316 g/mol. The molecule has 0 radical (unpaired) electrons. The third-order valence-electron chi connectivity index (χ3n) is 6.77. The van der Waals surface area contributed by atoms with Crippen molar-refractivity contribution in [3.63, 3.8) is 0 Å². The summed E-state index contributed by atoms with van der Waals surface area (Å²) in [7, 11) is 0. The number of nitrogens with zero attached hydrogens (tertiary/aromatic N) is 3.